The molecule has 33 heavy (non-hydrogen) atoms. The minimum Gasteiger partial charge on any atom is -0.508 e. The largest absolute Gasteiger partial charge is 0.508 e. The molecule has 8 N–H and O–H groups in total. The molecule has 0 saturated carbocycles. The van der Waals surface area contributed by atoms with E-state index in [9.17, 15) is 45.6 Å². The zero-order chi connectivity index (χ0) is 24.0. The molecule has 172 valence electrons. The van der Waals surface area contributed by atoms with Gasteiger partial charge in [-0.25, -0.2) is 4.79 Å². The summed E-state index contributed by atoms with van der Waals surface area (Å²) in [7, 11) is 0. The average molecular weight is 458 g/mol. The fraction of sp³-hybridized carbons (Fsp3) is 0.136. The number of benzene rings is 3. The molecule has 0 saturated heterocycles. The van der Waals surface area contributed by atoms with Crippen molar-refractivity contribution in [1.29, 1.82) is 0 Å². The Hall–Kier alpha value is -4.51. The van der Waals surface area contributed by atoms with Crippen LogP contribution < -0.4 is 4.74 Å². The third-order valence-corrected chi connectivity index (χ3v) is 5.14. The van der Waals surface area contributed by atoms with Crippen molar-refractivity contribution in [1.82, 2.24) is 0 Å². The van der Waals surface area contributed by atoms with E-state index < -0.39 is 58.8 Å². The maximum Gasteiger partial charge on any atom is 0.338 e. The maximum atomic E-state index is 12.7. The fourth-order valence-electron chi connectivity index (χ4n) is 3.54. The van der Waals surface area contributed by atoms with Gasteiger partial charge in [-0.2, -0.15) is 0 Å². The van der Waals surface area contributed by atoms with Crippen molar-refractivity contribution in [2.75, 3.05) is 0 Å². The number of aliphatic hydroxyl groups excluding tert-OH is 1. The number of esters is 1. The Kier molecular flexibility index (Phi) is 5.18. The summed E-state index contributed by atoms with van der Waals surface area (Å²) in [4.78, 5) is 12.7. The molecule has 0 radical (unpaired) electrons. The van der Waals surface area contributed by atoms with Crippen molar-refractivity contribution in [3.8, 4) is 46.0 Å². The highest BCUT2D eigenvalue weighted by Crippen LogP contribution is 2.49. The van der Waals surface area contributed by atoms with Gasteiger partial charge in [-0.15, -0.1) is 0 Å². The first-order chi connectivity index (χ1) is 15.6. The van der Waals surface area contributed by atoms with Crippen molar-refractivity contribution in [3.05, 3.63) is 59.2 Å². The zero-order valence-corrected chi connectivity index (χ0v) is 16.6. The number of phenolic OH excluding ortho intramolecular Hbond substituents is 7. The number of aromatic hydroxyl groups is 7. The van der Waals surface area contributed by atoms with Crippen LogP contribution in [0.3, 0.4) is 0 Å². The second kappa shape index (κ2) is 7.88. The predicted molar refractivity (Wildman–Crippen MR) is 109 cm³/mol. The molecule has 4 rings (SSSR count). The van der Waals surface area contributed by atoms with Gasteiger partial charge in [0.25, 0.3) is 0 Å². The minimum absolute atomic E-state index is 0.121. The van der Waals surface area contributed by atoms with Crippen LogP contribution in [-0.4, -0.2) is 52.9 Å². The molecule has 1 aliphatic rings. The number of carbonyl (C=O) groups is 1. The summed E-state index contributed by atoms with van der Waals surface area (Å²) in [5.41, 5.74) is -0.392. The second-order valence-electron chi connectivity index (χ2n) is 7.34. The number of hydrogen-bond donors (Lipinski definition) is 8. The standard InChI is InChI=1S/C22H18O11/c23-10-6-13(26)17-16(7-10)32-20(8-1-2-11(24)12(25)3-8)21(19(17)30)33-22(31)9-4-14(27)18(29)15(28)5-9/h1-7,19-21,23-30H. The van der Waals surface area contributed by atoms with Gasteiger partial charge in [0, 0.05) is 17.7 Å². The summed E-state index contributed by atoms with van der Waals surface area (Å²) < 4.78 is 11.2. The van der Waals surface area contributed by atoms with Crippen LogP contribution in [0.15, 0.2) is 42.5 Å². The molecule has 11 heteroatoms. The van der Waals surface area contributed by atoms with Gasteiger partial charge in [-0.3, -0.25) is 0 Å². The fourth-order valence-corrected chi connectivity index (χ4v) is 3.54. The molecule has 0 amide bonds. The summed E-state index contributed by atoms with van der Waals surface area (Å²) in [6, 6.07) is 7.33. The molecule has 0 bridgehead atoms. The Morgan fingerprint density at radius 2 is 1.45 bits per heavy atom. The van der Waals surface area contributed by atoms with Crippen molar-refractivity contribution >= 4 is 5.97 Å². The molecule has 0 spiro atoms. The van der Waals surface area contributed by atoms with Gasteiger partial charge in [-0.1, -0.05) is 6.07 Å². The Morgan fingerprint density at radius 1 is 0.788 bits per heavy atom. The van der Waals surface area contributed by atoms with E-state index >= 15 is 0 Å². The average Bonchev–Trinajstić information content (AvgIpc) is 2.74. The first-order valence-electron chi connectivity index (χ1n) is 9.45. The molecule has 1 aliphatic heterocycles. The Balaban J connectivity index is 1.77. The summed E-state index contributed by atoms with van der Waals surface area (Å²) in [5, 5.41) is 79.2. The Morgan fingerprint density at radius 3 is 2.09 bits per heavy atom. The summed E-state index contributed by atoms with van der Waals surface area (Å²) in [6.07, 6.45) is -4.51. The Labute approximate surface area is 185 Å². The van der Waals surface area contributed by atoms with Crippen LogP contribution in [-0.2, 0) is 4.74 Å². The number of rotatable bonds is 3. The van der Waals surface area contributed by atoms with Gasteiger partial charge in [0.15, 0.2) is 41.0 Å². The Bertz CT molecular complexity index is 1230. The highest BCUT2D eigenvalue weighted by atomic mass is 16.6. The van der Waals surface area contributed by atoms with Gasteiger partial charge in [0.2, 0.25) is 0 Å². The molecule has 3 aromatic rings. The summed E-state index contributed by atoms with van der Waals surface area (Å²) >= 11 is 0. The molecule has 0 fully saturated rings. The lowest BCUT2D eigenvalue weighted by Gasteiger charge is -2.37. The van der Waals surface area contributed by atoms with Crippen molar-refractivity contribution in [3.63, 3.8) is 0 Å². The first kappa shape index (κ1) is 21.7. The quantitative estimate of drug-likeness (QED) is 0.211. The normalized spacial score (nSPS) is 19.4. The molecular weight excluding hydrogens is 440 g/mol. The van der Waals surface area contributed by atoms with E-state index in [1.54, 1.807) is 0 Å². The van der Waals surface area contributed by atoms with Crippen LogP contribution >= 0.6 is 0 Å². The van der Waals surface area contributed by atoms with Crippen molar-refractivity contribution in [2.45, 2.75) is 18.3 Å². The summed E-state index contributed by atoms with van der Waals surface area (Å²) in [6.45, 7) is 0. The number of hydrogen-bond acceptors (Lipinski definition) is 11. The van der Waals surface area contributed by atoms with Gasteiger partial charge >= 0.3 is 5.97 Å². The van der Waals surface area contributed by atoms with Crippen LogP contribution in [0.5, 0.6) is 46.0 Å². The first-order valence-corrected chi connectivity index (χ1v) is 9.45. The zero-order valence-electron chi connectivity index (χ0n) is 16.6. The number of fused-ring (bicyclic) bond motifs is 1. The number of aliphatic hydroxyl groups is 1. The third-order valence-electron chi connectivity index (χ3n) is 5.14. The van der Waals surface area contributed by atoms with E-state index in [4.69, 9.17) is 9.47 Å². The highest BCUT2D eigenvalue weighted by molar-refractivity contribution is 5.91. The monoisotopic (exact) mass is 458 g/mol. The van der Waals surface area contributed by atoms with Crippen LogP contribution in [0.2, 0.25) is 0 Å². The van der Waals surface area contributed by atoms with E-state index in [2.05, 4.69) is 0 Å². The van der Waals surface area contributed by atoms with E-state index in [-0.39, 0.29) is 28.2 Å². The third kappa shape index (κ3) is 3.81. The molecule has 3 atom stereocenters. The minimum atomic E-state index is -1.68. The van der Waals surface area contributed by atoms with Gasteiger partial charge in [-0.05, 0) is 24.3 Å². The van der Waals surface area contributed by atoms with E-state index in [0.29, 0.717) is 0 Å². The van der Waals surface area contributed by atoms with E-state index in [1.165, 1.54) is 6.07 Å². The highest BCUT2D eigenvalue weighted by Gasteiger charge is 2.43. The molecular formula is C22H18O11. The lowest BCUT2D eigenvalue weighted by atomic mass is 9.91. The molecule has 0 aliphatic carbocycles. The van der Waals surface area contributed by atoms with Gasteiger partial charge in [0.1, 0.15) is 23.4 Å². The van der Waals surface area contributed by atoms with Crippen LogP contribution in [0.1, 0.15) is 33.7 Å². The molecule has 0 aromatic heterocycles. The van der Waals surface area contributed by atoms with Crippen LogP contribution in [0.25, 0.3) is 0 Å². The smallest absolute Gasteiger partial charge is 0.338 e. The second-order valence-corrected chi connectivity index (χ2v) is 7.34. The number of ether oxygens (including phenoxy) is 2. The van der Waals surface area contributed by atoms with Crippen LogP contribution in [0.4, 0.5) is 0 Å². The topological polar surface area (TPSA) is 197 Å². The predicted octanol–water partition coefficient (Wildman–Crippen LogP) is 2.02. The van der Waals surface area contributed by atoms with Crippen molar-refractivity contribution in [2.24, 2.45) is 0 Å². The SMILES string of the molecule is O=C(OC1C(O)c2c(O)cc(O)cc2OC1c1ccc(O)c(O)c1)c1cc(O)c(O)c(O)c1. The van der Waals surface area contributed by atoms with Gasteiger partial charge < -0.3 is 50.3 Å². The van der Waals surface area contributed by atoms with E-state index in [1.807, 2.05) is 0 Å². The number of carbonyl (C=O) groups excluding carboxylic acids is 1. The van der Waals surface area contributed by atoms with Gasteiger partial charge in [0.05, 0.1) is 11.1 Å². The number of phenols is 7. The molecule has 11 nitrogen and oxygen atoms in total. The van der Waals surface area contributed by atoms with Crippen LogP contribution in [0, 0.1) is 0 Å². The van der Waals surface area contributed by atoms with E-state index in [0.717, 1.165) is 36.4 Å². The summed E-state index contributed by atoms with van der Waals surface area (Å²) in [5.74, 6) is -5.54. The lowest BCUT2D eigenvalue weighted by Crippen LogP contribution is -2.38. The van der Waals surface area contributed by atoms with Crippen molar-refractivity contribution < 1.29 is 55.1 Å². The lowest BCUT2D eigenvalue weighted by molar-refractivity contribution is -0.0841. The maximum absolute atomic E-state index is 12.7. The molecule has 3 unspecified atom stereocenters. The molecule has 1 heterocycles. The molecule has 3 aromatic carbocycles.